The lowest BCUT2D eigenvalue weighted by molar-refractivity contribution is -0.136. The Morgan fingerprint density at radius 1 is 1.47 bits per heavy atom. The standard InChI is InChI=1S/C11H12BrClO3S/c12-9-7-8(13)1-2-10(9)16-4-6-17-5-3-11(14)15/h1-2,7H,3-6H2,(H,14,15). The molecular formula is C11H12BrClO3S. The maximum absolute atomic E-state index is 10.3. The van der Waals surface area contributed by atoms with E-state index in [-0.39, 0.29) is 6.42 Å². The summed E-state index contributed by atoms with van der Waals surface area (Å²) >= 11 is 10.7. The number of aliphatic carboxylic acids is 1. The third kappa shape index (κ3) is 6.19. The molecule has 0 aromatic heterocycles. The summed E-state index contributed by atoms with van der Waals surface area (Å²) in [4.78, 5) is 10.3. The normalized spacial score (nSPS) is 10.2. The first kappa shape index (κ1) is 14.7. The number of benzene rings is 1. The Morgan fingerprint density at radius 2 is 2.24 bits per heavy atom. The second-order valence-corrected chi connectivity index (χ2v) is 5.69. The van der Waals surface area contributed by atoms with Crippen LogP contribution in [0.3, 0.4) is 0 Å². The van der Waals surface area contributed by atoms with Crippen LogP contribution in [0.25, 0.3) is 0 Å². The summed E-state index contributed by atoms with van der Waals surface area (Å²) in [7, 11) is 0. The van der Waals surface area contributed by atoms with Gasteiger partial charge in [-0.05, 0) is 34.1 Å². The number of halogens is 2. The average molecular weight is 340 g/mol. The van der Waals surface area contributed by atoms with Crippen LogP contribution in [0.4, 0.5) is 0 Å². The number of hydrogen-bond donors (Lipinski definition) is 1. The van der Waals surface area contributed by atoms with Crippen molar-refractivity contribution in [3.05, 3.63) is 27.7 Å². The third-order valence-electron chi connectivity index (χ3n) is 1.84. The van der Waals surface area contributed by atoms with E-state index in [1.54, 1.807) is 30.0 Å². The molecule has 0 radical (unpaired) electrons. The minimum Gasteiger partial charge on any atom is -0.492 e. The monoisotopic (exact) mass is 338 g/mol. The molecule has 0 heterocycles. The zero-order valence-corrected chi connectivity index (χ0v) is 12.1. The molecule has 3 nitrogen and oxygen atoms in total. The van der Waals surface area contributed by atoms with Gasteiger partial charge in [-0.15, -0.1) is 0 Å². The van der Waals surface area contributed by atoms with Gasteiger partial charge in [0.15, 0.2) is 0 Å². The summed E-state index contributed by atoms with van der Waals surface area (Å²) in [6, 6.07) is 5.34. The Kier molecular flexibility index (Phi) is 6.77. The Hall–Kier alpha value is -0.390. The number of ether oxygens (including phenoxy) is 1. The van der Waals surface area contributed by atoms with Crippen molar-refractivity contribution in [1.82, 2.24) is 0 Å². The zero-order chi connectivity index (χ0) is 12.7. The smallest absolute Gasteiger partial charge is 0.304 e. The largest absolute Gasteiger partial charge is 0.492 e. The van der Waals surface area contributed by atoms with E-state index in [0.29, 0.717) is 17.4 Å². The quantitative estimate of drug-likeness (QED) is 0.770. The van der Waals surface area contributed by atoms with Gasteiger partial charge < -0.3 is 9.84 Å². The number of carbonyl (C=O) groups is 1. The molecule has 1 N–H and O–H groups in total. The van der Waals surface area contributed by atoms with Crippen LogP contribution < -0.4 is 4.74 Å². The molecule has 0 bridgehead atoms. The molecule has 17 heavy (non-hydrogen) atoms. The fraction of sp³-hybridized carbons (Fsp3) is 0.364. The second-order valence-electron chi connectivity index (χ2n) is 3.18. The number of carboxylic acids is 1. The lowest BCUT2D eigenvalue weighted by atomic mass is 10.3. The van der Waals surface area contributed by atoms with Crippen molar-refractivity contribution < 1.29 is 14.6 Å². The molecule has 0 saturated heterocycles. The van der Waals surface area contributed by atoms with Crippen molar-refractivity contribution >= 4 is 45.3 Å². The Morgan fingerprint density at radius 3 is 2.88 bits per heavy atom. The Bertz CT molecular complexity index is 387. The molecule has 0 atom stereocenters. The van der Waals surface area contributed by atoms with Crippen molar-refractivity contribution in [2.45, 2.75) is 6.42 Å². The van der Waals surface area contributed by atoms with Crippen LogP contribution in [0.5, 0.6) is 5.75 Å². The van der Waals surface area contributed by atoms with Gasteiger partial charge in [-0.1, -0.05) is 11.6 Å². The molecule has 6 heteroatoms. The average Bonchev–Trinajstić information content (AvgIpc) is 2.25. The molecule has 0 aliphatic heterocycles. The number of thioether (sulfide) groups is 1. The predicted molar refractivity (Wildman–Crippen MR) is 74.2 cm³/mol. The molecule has 0 aliphatic carbocycles. The predicted octanol–water partition coefficient (Wildman–Crippen LogP) is 3.69. The summed E-state index contributed by atoms with van der Waals surface area (Å²) in [5.41, 5.74) is 0. The molecular weight excluding hydrogens is 328 g/mol. The highest BCUT2D eigenvalue weighted by Gasteiger charge is 2.02. The first-order valence-electron chi connectivity index (χ1n) is 4.97. The highest BCUT2D eigenvalue weighted by Crippen LogP contribution is 2.27. The number of rotatable bonds is 7. The van der Waals surface area contributed by atoms with Crippen LogP contribution in [-0.2, 0) is 4.79 Å². The Labute approximate surface area is 118 Å². The van der Waals surface area contributed by atoms with Gasteiger partial charge in [0.1, 0.15) is 5.75 Å². The molecule has 1 aromatic rings. The van der Waals surface area contributed by atoms with Crippen molar-refractivity contribution in [1.29, 1.82) is 0 Å². The van der Waals surface area contributed by atoms with E-state index in [4.69, 9.17) is 21.4 Å². The third-order valence-corrected chi connectivity index (χ3v) is 3.64. The van der Waals surface area contributed by atoms with Gasteiger partial charge in [0.25, 0.3) is 0 Å². The first-order chi connectivity index (χ1) is 8.09. The SMILES string of the molecule is O=C(O)CCSCCOc1ccc(Cl)cc1Br. The second kappa shape index (κ2) is 7.84. The molecule has 0 spiro atoms. The maximum atomic E-state index is 10.3. The van der Waals surface area contributed by atoms with E-state index in [0.717, 1.165) is 16.0 Å². The van der Waals surface area contributed by atoms with Crippen LogP contribution in [-0.4, -0.2) is 29.2 Å². The minimum atomic E-state index is -0.765. The lowest BCUT2D eigenvalue weighted by Gasteiger charge is -2.07. The fourth-order valence-electron chi connectivity index (χ4n) is 1.06. The molecule has 0 fully saturated rings. The van der Waals surface area contributed by atoms with E-state index in [2.05, 4.69) is 15.9 Å². The van der Waals surface area contributed by atoms with Gasteiger partial charge in [0.05, 0.1) is 17.5 Å². The van der Waals surface area contributed by atoms with E-state index in [9.17, 15) is 4.79 Å². The molecule has 94 valence electrons. The molecule has 0 aliphatic rings. The summed E-state index contributed by atoms with van der Waals surface area (Å²) in [5.74, 6) is 1.36. The van der Waals surface area contributed by atoms with Gasteiger partial charge in [0, 0.05) is 16.5 Å². The minimum absolute atomic E-state index is 0.190. The maximum Gasteiger partial charge on any atom is 0.304 e. The number of carboxylic acid groups (broad SMARTS) is 1. The van der Waals surface area contributed by atoms with Gasteiger partial charge in [-0.3, -0.25) is 4.79 Å². The van der Waals surface area contributed by atoms with Gasteiger partial charge in [-0.2, -0.15) is 11.8 Å². The molecule has 0 amide bonds. The lowest BCUT2D eigenvalue weighted by Crippen LogP contribution is -2.03. The molecule has 0 unspecified atom stereocenters. The van der Waals surface area contributed by atoms with Crippen LogP contribution in [0, 0.1) is 0 Å². The zero-order valence-electron chi connectivity index (χ0n) is 8.99. The van der Waals surface area contributed by atoms with Crippen LogP contribution >= 0.6 is 39.3 Å². The van der Waals surface area contributed by atoms with Gasteiger partial charge in [-0.25, -0.2) is 0 Å². The van der Waals surface area contributed by atoms with Crippen LogP contribution in [0.1, 0.15) is 6.42 Å². The van der Waals surface area contributed by atoms with Crippen LogP contribution in [0.2, 0.25) is 5.02 Å². The van der Waals surface area contributed by atoms with Crippen molar-refractivity contribution in [3.8, 4) is 5.75 Å². The highest BCUT2D eigenvalue weighted by atomic mass is 79.9. The van der Waals surface area contributed by atoms with Crippen molar-refractivity contribution in [3.63, 3.8) is 0 Å². The van der Waals surface area contributed by atoms with E-state index in [1.165, 1.54) is 0 Å². The van der Waals surface area contributed by atoms with E-state index >= 15 is 0 Å². The van der Waals surface area contributed by atoms with Crippen molar-refractivity contribution in [2.24, 2.45) is 0 Å². The number of hydrogen-bond acceptors (Lipinski definition) is 3. The highest BCUT2D eigenvalue weighted by molar-refractivity contribution is 9.10. The van der Waals surface area contributed by atoms with Gasteiger partial charge >= 0.3 is 5.97 Å². The van der Waals surface area contributed by atoms with E-state index in [1.807, 2.05) is 0 Å². The summed E-state index contributed by atoms with van der Waals surface area (Å²) in [6.07, 6.45) is 0.190. The van der Waals surface area contributed by atoms with Crippen LogP contribution in [0.15, 0.2) is 22.7 Å². The van der Waals surface area contributed by atoms with E-state index < -0.39 is 5.97 Å². The van der Waals surface area contributed by atoms with Crippen molar-refractivity contribution in [2.75, 3.05) is 18.1 Å². The Balaban J connectivity index is 2.20. The molecule has 1 aromatic carbocycles. The fourth-order valence-corrected chi connectivity index (χ4v) is 2.59. The summed E-state index contributed by atoms with van der Waals surface area (Å²) in [5, 5.41) is 9.10. The summed E-state index contributed by atoms with van der Waals surface area (Å²) < 4.78 is 6.34. The molecule has 0 saturated carbocycles. The molecule has 1 rings (SSSR count). The van der Waals surface area contributed by atoms with Gasteiger partial charge in [0.2, 0.25) is 0 Å². The first-order valence-corrected chi connectivity index (χ1v) is 7.29. The summed E-state index contributed by atoms with van der Waals surface area (Å²) in [6.45, 7) is 0.546. The topological polar surface area (TPSA) is 46.5 Å².